The van der Waals surface area contributed by atoms with E-state index in [1.165, 1.54) is 6.92 Å². The summed E-state index contributed by atoms with van der Waals surface area (Å²) in [6.45, 7) is 1.22. The van der Waals surface area contributed by atoms with Crippen LogP contribution in [0, 0.1) is 0 Å². The van der Waals surface area contributed by atoms with Gasteiger partial charge < -0.3 is 5.11 Å². The van der Waals surface area contributed by atoms with E-state index in [-0.39, 0.29) is 0 Å². The lowest BCUT2D eigenvalue weighted by Gasteiger charge is -2.19. The lowest BCUT2D eigenvalue weighted by Crippen LogP contribution is -2.37. The number of hydrogen-bond donors (Lipinski definition) is 1. The van der Waals surface area contributed by atoms with Crippen LogP contribution in [0.25, 0.3) is 0 Å². The zero-order valence-corrected chi connectivity index (χ0v) is 8.46. The normalized spacial score (nSPS) is 15.1. The molecule has 0 aliphatic carbocycles. The van der Waals surface area contributed by atoms with E-state index in [1.807, 2.05) is 0 Å². The van der Waals surface area contributed by atoms with Crippen LogP contribution in [0.4, 0.5) is 22.0 Å². The van der Waals surface area contributed by atoms with E-state index in [4.69, 9.17) is 5.11 Å². The van der Waals surface area contributed by atoms with E-state index in [1.54, 1.807) is 0 Å². The minimum atomic E-state index is -5.57. The van der Waals surface area contributed by atoms with E-state index >= 15 is 0 Å². The summed E-state index contributed by atoms with van der Waals surface area (Å²) in [5.41, 5.74) is 0. The molecule has 0 amide bonds. The summed E-state index contributed by atoms with van der Waals surface area (Å²) < 4.78 is 59.5. The molecule has 0 bridgehead atoms. The molecular formula is C7H9F5O2S. The van der Waals surface area contributed by atoms with Crippen molar-refractivity contribution < 1.29 is 31.9 Å². The molecule has 0 saturated carbocycles. The molecule has 0 aliphatic heterocycles. The van der Waals surface area contributed by atoms with Gasteiger partial charge in [0, 0.05) is 12.2 Å². The maximum Gasteiger partial charge on any atom is 0.453 e. The number of aliphatic carboxylic acids is 1. The molecular weight excluding hydrogens is 243 g/mol. The molecule has 0 saturated heterocycles. The van der Waals surface area contributed by atoms with Gasteiger partial charge in [-0.15, -0.1) is 11.8 Å². The van der Waals surface area contributed by atoms with Gasteiger partial charge in [0.1, 0.15) is 0 Å². The molecule has 1 atom stereocenters. The smallest absolute Gasteiger partial charge is 0.453 e. The monoisotopic (exact) mass is 252 g/mol. The fourth-order valence-corrected chi connectivity index (χ4v) is 1.45. The number of halogens is 5. The molecule has 0 fully saturated rings. The first kappa shape index (κ1) is 14.5. The Morgan fingerprint density at radius 1 is 1.33 bits per heavy atom. The maximum atomic E-state index is 12.3. The van der Waals surface area contributed by atoms with Gasteiger partial charge in [0.2, 0.25) is 0 Å². The van der Waals surface area contributed by atoms with Crippen molar-refractivity contribution in [1.82, 2.24) is 0 Å². The molecule has 0 aromatic rings. The highest BCUT2D eigenvalue weighted by Crippen LogP contribution is 2.38. The third kappa shape index (κ3) is 4.67. The molecule has 1 unspecified atom stereocenters. The molecule has 0 radical (unpaired) electrons. The van der Waals surface area contributed by atoms with Crippen LogP contribution in [0.3, 0.4) is 0 Å². The van der Waals surface area contributed by atoms with Crippen LogP contribution in [0.2, 0.25) is 0 Å². The lowest BCUT2D eigenvalue weighted by atomic mass is 10.2. The zero-order valence-electron chi connectivity index (χ0n) is 7.65. The highest BCUT2D eigenvalue weighted by molar-refractivity contribution is 8.00. The van der Waals surface area contributed by atoms with E-state index in [9.17, 15) is 26.7 Å². The second kappa shape index (κ2) is 5.00. The third-order valence-corrected chi connectivity index (χ3v) is 2.69. The Kier molecular flexibility index (Phi) is 4.82. The van der Waals surface area contributed by atoms with Gasteiger partial charge in [0.15, 0.2) is 0 Å². The van der Waals surface area contributed by atoms with Gasteiger partial charge in [0.05, 0.1) is 5.25 Å². The Labute approximate surface area is 86.8 Å². The Bertz CT molecular complexity index is 228. The Morgan fingerprint density at radius 3 is 2.13 bits per heavy atom. The molecule has 0 aliphatic rings. The predicted octanol–water partition coefficient (Wildman–Crippen LogP) is 2.78. The number of alkyl halides is 5. The van der Waals surface area contributed by atoms with Crippen molar-refractivity contribution in [2.24, 2.45) is 0 Å². The van der Waals surface area contributed by atoms with Crippen LogP contribution in [0.15, 0.2) is 0 Å². The van der Waals surface area contributed by atoms with Crippen LogP contribution in [0.5, 0.6) is 0 Å². The second-order valence-corrected chi connectivity index (χ2v) is 4.25. The van der Waals surface area contributed by atoms with Gasteiger partial charge in [-0.25, -0.2) is 0 Å². The van der Waals surface area contributed by atoms with E-state index < -0.39 is 35.5 Å². The summed E-state index contributed by atoms with van der Waals surface area (Å²) in [6, 6.07) is 0. The van der Waals surface area contributed by atoms with Crippen LogP contribution in [-0.4, -0.2) is 34.2 Å². The SMILES string of the molecule is CC(SCCC(F)(F)C(F)(F)F)C(=O)O. The van der Waals surface area contributed by atoms with Gasteiger partial charge in [-0.05, 0) is 6.92 Å². The fourth-order valence-electron chi connectivity index (χ4n) is 0.577. The number of hydrogen-bond acceptors (Lipinski definition) is 2. The van der Waals surface area contributed by atoms with Gasteiger partial charge >= 0.3 is 18.1 Å². The van der Waals surface area contributed by atoms with Crippen molar-refractivity contribution in [3.8, 4) is 0 Å². The second-order valence-electron chi connectivity index (χ2n) is 2.80. The molecule has 15 heavy (non-hydrogen) atoms. The van der Waals surface area contributed by atoms with Crippen LogP contribution < -0.4 is 0 Å². The number of thioether (sulfide) groups is 1. The number of carbonyl (C=O) groups is 1. The fraction of sp³-hybridized carbons (Fsp3) is 0.857. The topological polar surface area (TPSA) is 37.3 Å². The molecule has 0 aromatic heterocycles. The number of carboxylic acids is 1. The standard InChI is InChI=1S/C7H9F5O2S/c1-4(5(13)14)15-3-2-6(8,9)7(10,11)12/h4H,2-3H2,1H3,(H,13,14). The highest BCUT2D eigenvalue weighted by atomic mass is 32.2. The van der Waals surface area contributed by atoms with Crippen molar-refractivity contribution >= 4 is 17.7 Å². The number of carboxylic acid groups (broad SMARTS) is 1. The molecule has 0 aromatic carbocycles. The van der Waals surface area contributed by atoms with Crippen LogP contribution in [-0.2, 0) is 4.79 Å². The Hall–Kier alpha value is -0.530. The van der Waals surface area contributed by atoms with E-state index in [0.717, 1.165) is 0 Å². The Morgan fingerprint density at radius 2 is 1.80 bits per heavy atom. The van der Waals surface area contributed by atoms with Crippen molar-refractivity contribution in [3.05, 3.63) is 0 Å². The summed E-state index contributed by atoms with van der Waals surface area (Å²) in [4.78, 5) is 10.2. The summed E-state index contributed by atoms with van der Waals surface area (Å²) in [5.74, 6) is -6.55. The van der Waals surface area contributed by atoms with Gasteiger partial charge in [0.25, 0.3) is 0 Å². The Balaban J connectivity index is 4.01. The van der Waals surface area contributed by atoms with E-state index in [0.29, 0.717) is 11.8 Å². The largest absolute Gasteiger partial charge is 0.480 e. The summed E-state index contributed by atoms with van der Waals surface area (Å²) in [7, 11) is 0. The first-order chi connectivity index (χ1) is 6.58. The minimum absolute atomic E-state index is 0.548. The van der Waals surface area contributed by atoms with Gasteiger partial charge in [-0.3, -0.25) is 4.79 Å². The maximum absolute atomic E-state index is 12.3. The summed E-state index contributed by atoms with van der Waals surface area (Å²) in [5, 5.41) is 7.35. The van der Waals surface area contributed by atoms with Crippen molar-refractivity contribution in [2.45, 2.75) is 30.7 Å². The molecule has 1 N–H and O–H groups in total. The minimum Gasteiger partial charge on any atom is -0.480 e. The van der Waals surface area contributed by atoms with Crippen molar-refractivity contribution in [2.75, 3.05) is 5.75 Å². The van der Waals surface area contributed by atoms with Gasteiger partial charge in [-0.2, -0.15) is 22.0 Å². The van der Waals surface area contributed by atoms with Crippen molar-refractivity contribution in [1.29, 1.82) is 0 Å². The zero-order chi connectivity index (χ0) is 12.3. The molecule has 0 heterocycles. The summed E-state index contributed by atoms with van der Waals surface area (Å²) >= 11 is 0.548. The first-order valence-electron chi connectivity index (χ1n) is 3.87. The third-order valence-electron chi connectivity index (χ3n) is 1.55. The summed E-state index contributed by atoms with van der Waals surface area (Å²) in [6.07, 6.45) is -6.97. The molecule has 0 spiro atoms. The van der Waals surface area contributed by atoms with Crippen LogP contribution >= 0.6 is 11.8 Å². The first-order valence-corrected chi connectivity index (χ1v) is 4.92. The number of rotatable bonds is 5. The highest BCUT2D eigenvalue weighted by Gasteiger charge is 2.56. The van der Waals surface area contributed by atoms with E-state index in [2.05, 4.69) is 0 Å². The average Bonchev–Trinajstić information content (AvgIpc) is 2.01. The molecule has 8 heteroatoms. The molecule has 0 rings (SSSR count). The molecule has 2 nitrogen and oxygen atoms in total. The predicted molar refractivity (Wildman–Crippen MR) is 45.2 cm³/mol. The van der Waals surface area contributed by atoms with Crippen LogP contribution in [0.1, 0.15) is 13.3 Å². The van der Waals surface area contributed by atoms with Crippen molar-refractivity contribution in [3.63, 3.8) is 0 Å². The average molecular weight is 252 g/mol. The van der Waals surface area contributed by atoms with Gasteiger partial charge in [-0.1, -0.05) is 0 Å². The quantitative estimate of drug-likeness (QED) is 0.764. The molecule has 90 valence electrons. The lowest BCUT2D eigenvalue weighted by molar-refractivity contribution is -0.282.